The molecule has 1 rings (SSSR count). The van der Waals surface area contributed by atoms with Gasteiger partial charge < -0.3 is 5.32 Å². The van der Waals surface area contributed by atoms with E-state index >= 15 is 0 Å². The predicted molar refractivity (Wildman–Crippen MR) is 48.7 cm³/mol. The first-order valence-corrected chi connectivity index (χ1v) is 3.91. The molecule has 13 heavy (non-hydrogen) atoms. The number of anilines is 1. The number of nitrogens with zero attached hydrogens (tertiary/aromatic N) is 1. The monoisotopic (exact) mass is 198 g/mol. The van der Waals surface area contributed by atoms with Gasteiger partial charge in [-0.15, -0.1) is 0 Å². The summed E-state index contributed by atoms with van der Waals surface area (Å²) in [6, 6.07) is 3.00. The molecule has 1 amide bonds. The predicted octanol–water partition coefficient (Wildman–Crippen LogP) is 1.42. The number of rotatable bonds is 2. The number of hydrogen-bond acceptors (Lipinski definition) is 3. The van der Waals surface area contributed by atoms with Crippen molar-refractivity contribution >= 4 is 28.6 Å². The summed E-state index contributed by atoms with van der Waals surface area (Å²) in [4.78, 5) is 25.0. The van der Waals surface area contributed by atoms with Gasteiger partial charge in [0.05, 0.1) is 5.56 Å². The number of amides is 1. The molecule has 1 aromatic heterocycles. The summed E-state index contributed by atoms with van der Waals surface area (Å²) in [6.07, 6.45) is 1.31. The Balaban J connectivity index is 2.81. The van der Waals surface area contributed by atoms with Gasteiger partial charge in [0.1, 0.15) is 5.82 Å². The summed E-state index contributed by atoms with van der Waals surface area (Å²) in [5.74, 6) is 0.187. The number of carbonyl (C=O) groups excluding carboxylic acids is 2. The lowest BCUT2D eigenvalue weighted by Crippen LogP contribution is -2.07. The Morgan fingerprint density at radius 1 is 1.46 bits per heavy atom. The molecule has 0 aliphatic heterocycles. The maximum atomic E-state index is 10.6. The molecular formula is C8H7ClN2O2. The van der Waals surface area contributed by atoms with Crippen LogP contribution in [0.3, 0.4) is 0 Å². The van der Waals surface area contributed by atoms with Crippen molar-refractivity contribution in [2.24, 2.45) is 0 Å². The van der Waals surface area contributed by atoms with Crippen LogP contribution in [0, 0.1) is 0 Å². The fourth-order valence-electron chi connectivity index (χ4n) is 0.764. The van der Waals surface area contributed by atoms with Gasteiger partial charge in [0.15, 0.2) is 0 Å². The number of aromatic nitrogens is 1. The molecular weight excluding hydrogens is 192 g/mol. The molecule has 0 aromatic carbocycles. The van der Waals surface area contributed by atoms with E-state index in [9.17, 15) is 9.59 Å². The number of pyridine rings is 1. The Morgan fingerprint density at radius 3 is 2.54 bits per heavy atom. The third-order valence-corrected chi connectivity index (χ3v) is 1.51. The number of hydrogen-bond donors (Lipinski definition) is 1. The second-order valence-corrected chi connectivity index (χ2v) is 2.73. The van der Waals surface area contributed by atoms with Crippen molar-refractivity contribution in [3.05, 3.63) is 23.9 Å². The van der Waals surface area contributed by atoms with Gasteiger partial charge in [-0.3, -0.25) is 9.59 Å². The minimum Gasteiger partial charge on any atom is -0.311 e. The van der Waals surface area contributed by atoms with Gasteiger partial charge >= 0.3 is 0 Å². The molecule has 68 valence electrons. The second-order valence-electron chi connectivity index (χ2n) is 2.39. The van der Waals surface area contributed by atoms with Crippen LogP contribution in [0.15, 0.2) is 18.3 Å². The van der Waals surface area contributed by atoms with Crippen LogP contribution in [0.4, 0.5) is 5.82 Å². The molecule has 1 heterocycles. The molecule has 4 nitrogen and oxygen atoms in total. The van der Waals surface area contributed by atoms with Crippen LogP contribution in [0.25, 0.3) is 0 Å². The maximum absolute atomic E-state index is 10.6. The SMILES string of the molecule is CC(=O)Nc1ccc(C(=O)Cl)cn1. The Labute approximate surface area is 79.9 Å². The van der Waals surface area contributed by atoms with E-state index in [1.165, 1.54) is 25.3 Å². The topological polar surface area (TPSA) is 59.1 Å². The Bertz CT molecular complexity index is 335. The van der Waals surface area contributed by atoms with Crippen LogP contribution in [0.1, 0.15) is 17.3 Å². The third kappa shape index (κ3) is 2.83. The van der Waals surface area contributed by atoms with Crippen molar-refractivity contribution in [3.8, 4) is 0 Å². The van der Waals surface area contributed by atoms with Crippen LogP contribution < -0.4 is 5.32 Å². The summed E-state index contributed by atoms with van der Waals surface area (Å²) in [7, 11) is 0. The zero-order chi connectivity index (χ0) is 9.84. The Hall–Kier alpha value is -1.42. The summed E-state index contributed by atoms with van der Waals surface area (Å²) >= 11 is 5.19. The van der Waals surface area contributed by atoms with E-state index in [1.807, 2.05) is 0 Å². The largest absolute Gasteiger partial charge is 0.311 e. The molecule has 0 bridgehead atoms. The molecule has 0 fully saturated rings. The van der Waals surface area contributed by atoms with Gasteiger partial charge in [-0.2, -0.15) is 0 Å². The molecule has 0 atom stereocenters. The van der Waals surface area contributed by atoms with Crippen LogP contribution in [-0.4, -0.2) is 16.1 Å². The van der Waals surface area contributed by atoms with Gasteiger partial charge in [-0.05, 0) is 23.7 Å². The molecule has 0 unspecified atom stereocenters. The quantitative estimate of drug-likeness (QED) is 0.732. The number of halogens is 1. The molecule has 1 N–H and O–H groups in total. The van der Waals surface area contributed by atoms with Gasteiger partial charge in [0, 0.05) is 13.1 Å². The number of carbonyl (C=O) groups is 2. The van der Waals surface area contributed by atoms with E-state index < -0.39 is 5.24 Å². The van der Waals surface area contributed by atoms with Crippen molar-refractivity contribution in [2.45, 2.75) is 6.92 Å². The summed E-state index contributed by atoms with van der Waals surface area (Å²) in [5, 5.41) is 1.90. The fourth-order valence-corrected chi connectivity index (χ4v) is 0.876. The van der Waals surface area contributed by atoms with Crippen molar-refractivity contribution in [1.82, 2.24) is 4.98 Å². The first-order chi connectivity index (χ1) is 6.09. The van der Waals surface area contributed by atoms with E-state index in [0.29, 0.717) is 11.4 Å². The zero-order valence-electron chi connectivity index (χ0n) is 6.87. The molecule has 5 heteroatoms. The van der Waals surface area contributed by atoms with Gasteiger partial charge in [0.25, 0.3) is 5.24 Å². The summed E-state index contributed by atoms with van der Waals surface area (Å²) in [5.41, 5.74) is 0.302. The molecule has 0 spiro atoms. The molecule has 0 aliphatic carbocycles. The highest BCUT2D eigenvalue weighted by Gasteiger charge is 2.02. The lowest BCUT2D eigenvalue weighted by atomic mass is 10.3. The highest BCUT2D eigenvalue weighted by Crippen LogP contribution is 2.06. The van der Waals surface area contributed by atoms with Crippen molar-refractivity contribution in [1.29, 1.82) is 0 Å². The summed E-state index contributed by atoms with van der Waals surface area (Å²) in [6.45, 7) is 1.38. The van der Waals surface area contributed by atoms with Gasteiger partial charge in [-0.1, -0.05) is 0 Å². The third-order valence-electron chi connectivity index (χ3n) is 1.29. The van der Waals surface area contributed by atoms with Gasteiger partial charge in [0.2, 0.25) is 5.91 Å². The lowest BCUT2D eigenvalue weighted by Gasteiger charge is -1.99. The van der Waals surface area contributed by atoms with Crippen LogP contribution in [0.2, 0.25) is 0 Å². The molecule has 0 saturated carbocycles. The minimum atomic E-state index is -0.568. The highest BCUT2D eigenvalue weighted by molar-refractivity contribution is 6.67. The first-order valence-electron chi connectivity index (χ1n) is 3.53. The first kappa shape index (κ1) is 9.67. The van der Waals surface area contributed by atoms with E-state index in [1.54, 1.807) is 0 Å². The summed E-state index contributed by atoms with van der Waals surface area (Å²) < 4.78 is 0. The minimum absolute atomic E-state index is 0.211. The van der Waals surface area contributed by atoms with Crippen LogP contribution in [0.5, 0.6) is 0 Å². The van der Waals surface area contributed by atoms with Crippen LogP contribution in [-0.2, 0) is 4.79 Å². The fraction of sp³-hybridized carbons (Fsp3) is 0.125. The standard InChI is InChI=1S/C8H7ClN2O2/c1-5(12)11-7-3-2-6(4-10-7)8(9)13/h2-4H,1H3,(H,10,11,12). The average Bonchev–Trinajstić information content (AvgIpc) is 2.04. The molecule has 1 aromatic rings. The average molecular weight is 199 g/mol. The number of nitrogens with one attached hydrogen (secondary N) is 1. The highest BCUT2D eigenvalue weighted by atomic mass is 35.5. The molecule has 0 saturated heterocycles. The Kier molecular flexibility index (Phi) is 2.97. The molecule has 0 aliphatic rings. The van der Waals surface area contributed by atoms with E-state index in [-0.39, 0.29) is 5.91 Å². The Morgan fingerprint density at radius 2 is 2.15 bits per heavy atom. The van der Waals surface area contributed by atoms with E-state index in [4.69, 9.17) is 11.6 Å². The van der Waals surface area contributed by atoms with Crippen molar-refractivity contribution < 1.29 is 9.59 Å². The zero-order valence-corrected chi connectivity index (χ0v) is 7.63. The second kappa shape index (κ2) is 4.00. The molecule has 0 radical (unpaired) electrons. The smallest absolute Gasteiger partial charge is 0.253 e. The van der Waals surface area contributed by atoms with E-state index in [2.05, 4.69) is 10.3 Å². The normalized spacial score (nSPS) is 9.38. The maximum Gasteiger partial charge on any atom is 0.253 e. The van der Waals surface area contributed by atoms with Crippen LogP contribution >= 0.6 is 11.6 Å². The van der Waals surface area contributed by atoms with E-state index in [0.717, 1.165) is 0 Å². The van der Waals surface area contributed by atoms with Crippen molar-refractivity contribution in [3.63, 3.8) is 0 Å². The van der Waals surface area contributed by atoms with Crippen molar-refractivity contribution in [2.75, 3.05) is 5.32 Å². The van der Waals surface area contributed by atoms with Gasteiger partial charge in [-0.25, -0.2) is 4.98 Å². The lowest BCUT2D eigenvalue weighted by molar-refractivity contribution is -0.114.